The van der Waals surface area contributed by atoms with E-state index in [-0.39, 0.29) is 11.2 Å². The number of rotatable bonds is 3. The Morgan fingerprint density at radius 1 is 1.00 bits per heavy atom. The summed E-state index contributed by atoms with van der Waals surface area (Å²) in [5, 5.41) is 1.11. The molecule has 0 radical (unpaired) electrons. The van der Waals surface area contributed by atoms with Crippen molar-refractivity contribution in [3.63, 3.8) is 0 Å². The first-order valence-electron chi connectivity index (χ1n) is 7.70. The van der Waals surface area contributed by atoms with E-state index < -0.39 is 0 Å². The molecule has 3 nitrogen and oxygen atoms in total. The Balaban J connectivity index is 1.94. The number of nitrogens with one attached hydrogen (secondary N) is 1. The highest BCUT2D eigenvalue weighted by Gasteiger charge is 2.22. The Bertz CT molecular complexity index is 851. The number of hydrogen-bond acceptors (Lipinski definition) is 2. The first-order valence-corrected chi connectivity index (χ1v) is 7.70. The summed E-state index contributed by atoms with van der Waals surface area (Å²) in [5.41, 5.74) is 3.54. The summed E-state index contributed by atoms with van der Waals surface area (Å²) in [4.78, 5) is 15.7. The van der Waals surface area contributed by atoms with Crippen molar-refractivity contribution in [2.24, 2.45) is 5.41 Å². The molecular formula is C20H21NO2. The lowest BCUT2D eigenvalue weighted by atomic mass is 9.86. The number of fused-ring (bicyclic) bond motifs is 1. The van der Waals surface area contributed by atoms with Gasteiger partial charge in [0.2, 0.25) is 0 Å². The third-order valence-corrected chi connectivity index (χ3v) is 3.97. The lowest BCUT2D eigenvalue weighted by molar-refractivity contribution is 0.0858. The van der Waals surface area contributed by atoms with Crippen LogP contribution >= 0.6 is 0 Å². The third-order valence-electron chi connectivity index (χ3n) is 3.97. The van der Waals surface area contributed by atoms with Gasteiger partial charge in [0.15, 0.2) is 5.78 Å². The van der Waals surface area contributed by atoms with Crippen LogP contribution in [0.25, 0.3) is 22.2 Å². The van der Waals surface area contributed by atoms with Crippen molar-refractivity contribution in [3.05, 3.63) is 54.1 Å². The van der Waals surface area contributed by atoms with Gasteiger partial charge in [0, 0.05) is 27.6 Å². The molecule has 0 fully saturated rings. The number of methoxy groups -OCH3 is 1. The van der Waals surface area contributed by atoms with Crippen molar-refractivity contribution in [1.29, 1.82) is 0 Å². The molecule has 3 heteroatoms. The van der Waals surface area contributed by atoms with Crippen LogP contribution in [0.2, 0.25) is 0 Å². The molecule has 0 aliphatic heterocycles. The summed E-state index contributed by atoms with van der Waals surface area (Å²) in [7, 11) is 1.67. The molecule has 0 saturated heterocycles. The summed E-state index contributed by atoms with van der Waals surface area (Å²) >= 11 is 0. The Morgan fingerprint density at radius 2 is 1.70 bits per heavy atom. The molecule has 118 valence electrons. The number of aromatic amines is 1. The zero-order valence-corrected chi connectivity index (χ0v) is 13.9. The van der Waals surface area contributed by atoms with Gasteiger partial charge in [-0.25, -0.2) is 0 Å². The van der Waals surface area contributed by atoms with Crippen LogP contribution in [0.3, 0.4) is 0 Å². The van der Waals surface area contributed by atoms with Gasteiger partial charge in [-0.1, -0.05) is 45.0 Å². The molecule has 0 aliphatic carbocycles. The normalized spacial score (nSPS) is 11.7. The van der Waals surface area contributed by atoms with E-state index in [2.05, 4.69) is 11.1 Å². The van der Waals surface area contributed by atoms with Crippen LogP contribution < -0.4 is 4.74 Å². The van der Waals surface area contributed by atoms with E-state index in [9.17, 15) is 4.79 Å². The number of benzene rings is 2. The summed E-state index contributed by atoms with van der Waals surface area (Å²) < 4.78 is 5.26. The molecule has 1 aromatic heterocycles. The first-order chi connectivity index (χ1) is 10.9. The van der Waals surface area contributed by atoms with Gasteiger partial charge in [-0.2, -0.15) is 0 Å². The van der Waals surface area contributed by atoms with Gasteiger partial charge >= 0.3 is 0 Å². The fourth-order valence-corrected chi connectivity index (χ4v) is 2.63. The minimum atomic E-state index is -0.362. The Labute approximate surface area is 136 Å². The van der Waals surface area contributed by atoms with E-state index in [0.717, 1.165) is 33.5 Å². The average Bonchev–Trinajstić information content (AvgIpc) is 2.96. The monoisotopic (exact) mass is 307 g/mol. The maximum Gasteiger partial charge on any atom is 0.168 e. The number of H-pyrrole nitrogens is 1. The maximum absolute atomic E-state index is 12.3. The molecule has 3 rings (SSSR count). The van der Waals surface area contributed by atoms with E-state index >= 15 is 0 Å². The summed E-state index contributed by atoms with van der Waals surface area (Å²) in [6, 6.07) is 15.8. The molecule has 0 amide bonds. The Morgan fingerprint density at radius 3 is 2.30 bits per heavy atom. The van der Waals surface area contributed by atoms with E-state index in [0.29, 0.717) is 0 Å². The number of hydrogen-bond donors (Lipinski definition) is 1. The lowest BCUT2D eigenvalue weighted by Gasteiger charge is -2.16. The van der Waals surface area contributed by atoms with Crippen LogP contribution in [0.4, 0.5) is 0 Å². The van der Waals surface area contributed by atoms with Crippen molar-refractivity contribution < 1.29 is 9.53 Å². The molecule has 23 heavy (non-hydrogen) atoms. The van der Waals surface area contributed by atoms with Crippen LogP contribution in [0.15, 0.2) is 48.5 Å². The Kier molecular flexibility index (Phi) is 3.72. The molecule has 0 spiro atoms. The average molecular weight is 307 g/mol. The number of ether oxygens (including phenoxy) is 1. The van der Waals surface area contributed by atoms with Gasteiger partial charge in [0.25, 0.3) is 0 Å². The fourth-order valence-electron chi connectivity index (χ4n) is 2.63. The highest BCUT2D eigenvalue weighted by molar-refractivity contribution is 6.00. The largest absolute Gasteiger partial charge is 0.497 e. The number of carbonyl (C=O) groups excluding carboxylic acids is 1. The zero-order chi connectivity index (χ0) is 16.6. The first kappa shape index (κ1) is 15.3. The van der Waals surface area contributed by atoms with Crippen molar-refractivity contribution in [3.8, 4) is 17.0 Å². The Hall–Kier alpha value is -2.55. The standard InChI is InChI=1S/C20H21NO2/c1-20(2,3)19(22)14-7-5-13(6-8-14)18-12-15-11-16(23-4)9-10-17(15)21-18/h5-12,21H,1-4H3. The summed E-state index contributed by atoms with van der Waals surface area (Å²) in [6.07, 6.45) is 0. The van der Waals surface area contributed by atoms with Gasteiger partial charge in [-0.3, -0.25) is 4.79 Å². The highest BCUT2D eigenvalue weighted by atomic mass is 16.5. The van der Waals surface area contributed by atoms with Gasteiger partial charge in [-0.15, -0.1) is 0 Å². The van der Waals surface area contributed by atoms with E-state index in [1.54, 1.807) is 7.11 Å². The number of carbonyl (C=O) groups is 1. The van der Waals surface area contributed by atoms with E-state index in [4.69, 9.17) is 4.74 Å². The van der Waals surface area contributed by atoms with Crippen LogP contribution in [0, 0.1) is 5.41 Å². The molecule has 0 saturated carbocycles. The molecule has 0 unspecified atom stereocenters. The van der Waals surface area contributed by atoms with Gasteiger partial charge in [-0.05, 0) is 29.8 Å². The van der Waals surface area contributed by atoms with E-state index in [1.807, 2.05) is 63.2 Å². The SMILES string of the molecule is COc1ccc2[nH]c(-c3ccc(C(=O)C(C)(C)C)cc3)cc2c1. The second-order valence-corrected chi connectivity index (χ2v) is 6.79. The van der Waals surface area contributed by atoms with Gasteiger partial charge in [0.1, 0.15) is 5.75 Å². The predicted octanol–water partition coefficient (Wildman–Crippen LogP) is 5.07. The second-order valence-electron chi connectivity index (χ2n) is 6.79. The maximum atomic E-state index is 12.3. The van der Waals surface area contributed by atoms with E-state index in [1.165, 1.54) is 0 Å². The molecule has 0 aliphatic rings. The van der Waals surface area contributed by atoms with Crippen LogP contribution in [0.1, 0.15) is 31.1 Å². The quantitative estimate of drug-likeness (QED) is 0.686. The van der Waals surface area contributed by atoms with Gasteiger partial charge in [0.05, 0.1) is 7.11 Å². The predicted molar refractivity (Wildman–Crippen MR) is 94.1 cm³/mol. The van der Waals surface area contributed by atoms with Crippen LogP contribution in [0.5, 0.6) is 5.75 Å². The summed E-state index contributed by atoms with van der Waals surface area (Å²) in [5.74, 6) is 1.000. The number of ketones is 1. The minimum absolute atomic E-state index is 0.158. The van der Waals surface area contributed by atoms with Crippen molar-refractivity contribution in [2.75, 3.05) is 7.11 Å². The molecule has 1 N–H and O–H groups in total. The number of aromatic nitrogens is 1. The molecule has 0 bridgehead atoms. The van der Waals surface area contributed by atoms with Crippen LogP contribution in [-0.4, -0.2) is 17.9 Å². The third kappa shape index (κ3) is 3.00. The molecular weight excluding hydrogens is 286 g/mol. The molecule has 3 aromatic rings. The lowest BCUT2D eigenvalue weighted by Crippen LogP contribution is -2.19. The zero-order valence-electron chi connectivity index (χ0n) is 13.9. The highest BCUT2D eigenvalue weighted by Crippen LogP contribution is 2.28. The minimum Gasteiger partial charge on any atom is -0.497 e. The van der Waals surface area contributed by atoms with Crippen molar-refractivity contribution in [2.45, 2.75) is 20.8 Å². The molecule has 2 aromatic carbocycles. The molecule has 0 atom stereocenters. The van der Waals surface area contributed by atoms with Crippen LogP contribution in [-0.2, 0) is 0 Å². The second kappa shape index (κ2) is 5.58. The fraction of sp³-hybridized carbons (Fsp3) is 0.250. The van der Waals surface area contributed by atoms with Crippen molar-refractivity contribution in [1.82, 2.24) is 4.98 Å². The van der Waals surface area contributed by atoms with Crippen molar-refractivity contribution >= 4 is 16.7 Å². The van der Waals surface area contributed by atoms with Gasteiger partial charge < -0.3 is 9.72 Å². The number of Topliss-reactive ketones (excluding diaryl/α,β-unsaturated/α-hetero) is 1. The summed E-state index contributed by atoms with van der Waals surface area (Å²) in [6.45, 7) is 5.82. The topological polar surface area (TPSA) is 42.1 Å². The molecule has 1 heterocycles. The smallest absolute Gasteiger partial charge is 0.168 e.